The van der Waals surface area contributed by atoms with Crippen molar-refractivity contribution in [2.24, 2.45) is 5.10 Å². The van der Waals surface area contributed by atoms with Gasteiger partial charge in [-0.3, -0.25) is 0 Å². The molecule has 0 atom stereocenters. The second kappa shape index (κ2) is 7.95. The lowest BCUT2D eigenvalue weighted by Gasteiger charge is -2.23. The van der Waals surface area contributed by atoms with Gasteiger partial charge in [-0.1, -0.05) is 17.7 Å². The quantitative estimate of drug-likeness (QED) is 0.211. The molecule has 0 saturated heterocycles. The number of benzene rings is 3. The van der Waals surface area contributed by atoms with E-state index in [1.807, 2.05) is 50.2 Å². The Bertz CT molecular complexity index is 1110. The summed E-state index contributed by atoms with van der Waals surface area (Å²) < 4.78 is 44.5. The lowest BCUT2D eigenvalue weighted by Crippen LogP contribution is -2.09. The molecule has 0 aliphatic carbocycles. The molecule has 1 aliphatic rings. The van der Waals surface area contributed by atoms with Crippen molar-refractivity contribution in [2.75, 3.05) is 5.32 Å². The van der Waals surface area contributed by atoms with E-state index in [0.717, 1.165) is 28.3 Å². The van der Waals surface area contributed by atoms with Gasteiger partial charge in [-0.05, 0) is 67.9 Å². The van der Waals surface area contributed by atoms with Gasteiger partial charge >= 0.3 is 6.18 Å². The minimum Gasteiger partial charge on any atom is -0.453 e. The third-order valence-corrected chi connectivity index (χ3v) is 5.28. The first-order chi connectivity index (χ1) is 14.3. The van der Waals surface area contributed by atoms with Crippen molar-refractivity contribution >= 4 is 29.0 Å². The van der Waals surface area contributed by atoms with Crippen molar-refractivity contribution in [1.29, 1.82) is 0 Å². The maximum Gasteiger partial charge on any atom is 0.416 e. The van der Waals surface area contributed by atoms with E-state index >= 15 is 0 Å². The van der Waals surface area contributed by atoms with Crippen LogP contribution in [0, 0.1) is 6.92 Å². The molecule has 0 bridgehead atoms. The minimum absolute atomic E-state index is 0.145. The van der Waals surface area contributed by atoms with Gasteiger partial charge < -0.3 is 10.1 Å². The second-order valence-corrected chi connectivity index (χ2v) is 7.71. The Morgan fingerprint density at radius 1 is 0.967 bits per heavy atom. The van der Waals surface area contributed by atoms with E-state index in [0.29, 0.717) is 17.1 Å². The molecule has 8 heteroatoms. The van der Waals surface area contributed by atoms with E-state index in [1.54, 1.807) is 6.07 Å². The summed E-state index contributed by atoms with van der Waals surface area (Å²) in [6.45, 7) is 3.91. The van der Waals surface area contributed by atoms with Gasteiger partial charge in [0.2, 0.25) is 0 Å². The van der Waals surface area contributed by atoms with Crippen LogP contribution in [-0.4, -0.2) is 5.71 Å². The summed E-state index contributed by atoms with van der Waals surface area (Å²) in [5, 5.41) is 7.51. The van der Waals surface area contributed by atoms with Crippen molar-refractivity contribution in [3.63, 3.8) is 0 Å². The van der Waals surface area contributed by atoms with Crippen LogP contribution >= 0.6 is 11.9 Å². The fourth-order valence-corrected chi connectivity index (χ4v) is 3.47. The third-order valence-electron chi connectivity index (χ3n) is 4.59. The highest BCUT2D eigenvalue weighted by Crippen LogP contribution is 2.44. The molecule has 3 aromatic rings. The third kappa shape index (κ3) is 4.38. The number of rotatable bonds is 4. The number of nitrogens with one attached hydrogen (secondary N) is 2. The Morgan fingerprint density at radius 3 is 2.47 bits per heavy atom. The van der Waals surface area contributed by atoms with Gasteiger partial charge in [0.25, 0.3) is 0 Å². The number of alkyl halides is 3. The molecule has 0 unspecified atom stereocenters. The highest BCUT2D eigenvalue weighted by atomic mass is 32.2. The zero-order chi connectivity index (χ0) is 21.3. The molecule has 30 heavy (non-hydrogen) atoms. The Balaban J connectivity index is 1.48. The molecule has 4 nitrogen and oxygen atoms in total. The average Bonchev–Trinajstić information content (AvgIpc) is 2.72. The molecule has 0 aromatic heterocycles. The van der Waals surface area contributed by atoms with Crippen molar-refractivity contribution in [3.8, 4) is 11.5 Å². The molecular weight excluding hydrogens is 411 g/mol. The molecule has 0 fully saturated rings. The van der Waals surface area contributed by atoms with Crippen LogP contribution in [0.2, 0.25) is 0 Å². The van der Waals surface area contributed by atoms with Crippen LogP contribution < -0.4 is 14.9 Å². The maximum atomic E-state index is 12.9. The van der Waals surface area contributed by atoms with E-state index in [9.17, 15) is 13.2 Å². The number of aryl methyl sites for hydroxylation is 1. The summed E-state index contributed by atoms with van der Waals surface area (Å²) in [5.74, 6) is 0.604. The average molecular weight is 429 g/mol. The van der Waals surface area contributed by atoms with E-state index in [-0.39, 0.29) is 5.75 Å². The first-order valence-electron chi connectivity index (χ1n) is 9.13. The lowest BCUT2D eigenvalue weighted by molar-refractivity contribution is -0.137. The lowest BCUT2D eigenvalue weighted by atomic mass is 10.1. The number of halogens is 3. The monoisotopic (exact) mass is 429 g/mol. The number of hydrogen-bond acceptors (Lipinski definition) is 5. The van der Waals surface area contributed by atoms with Crippen LogP contribution in [0.5, 0.6) is 11.5 Å². The van der Waals surface area contributed by atoms with Gasteiger partial charge in [0.1, 0.15) is 0 Å². The minimum atomic E-state index is -4.42. The van der Waals surface area contributed by atoms with Crippen LogP contribution in [0.4, 0.5) is 24.5 Å². The molecule has 4 rings (SSSR count). The van der Waals surface area contributed by atoms with Crippen LogP contribution in [0.15, 0.2) is 70.7 Å². The topological polar surface area (TPSA) is 45.7 Å². The van der Waals surface area contributed by atoms with Crippen molar-refractivity contribution in [1.82, 2.24) is 4.83 Å². The smallest absolute Gasteiger partial charge is 0.416 e. The summed E-state index contributed by atoms with van der Waals surface area (Å²) >= 11 is 1.41. The van der Waals surface area contributed by atoms with Gasteiger partial charge in [-0.15, -0.1) is 0 Å². The van der Waals surface area contributed by atoms with Crippen LogP contribution in [0.3, 0.4) is 0 Å². The molecule has 0 spiro atoms. The number of hydrazone groups is 1. The highest BCUT2D eigenvalue weighted by Gasteiger charge is 2.32. The van der Waals surface area contributed by atoms with Gasteiger partial charge in [0.15, 0.2) is 11.5 Å². The Hall–Kier alpha value is -3.13. The molecule has 1 heterocycles. The zero-order valence-electron chi connectivity index (χ0n) is 16.2. The van der Waals surface area contributed by atoms with E-state index in [4.69, 9.17) is 4.74 Å². The number of fused-ring (bicyclic) bond motifs is 2. The Kier molecular flexibility index (Phi) is 5.34. The van der Waals surface area contributed by atoms with E-state index in [2.05, 4.69) is 15.2 Å². The summed E-state index contributed by atoms with van der Waals surface area (Å²) in [6.07, 6.45) is -4.42. The van der Waals surface area contributed by atoms with Crippen molar-refractivity contribution in [3.05, 3.63) is 77.4 Å². The summed E-state index contributed by atoms with van der Waals surface area (Å²) in [4.78, 5) is 4.03. The van der Waals surface area contributed by atoms with Crippen LogP contribution in [0.1, 0.15) is 23.6 Å². The summed E-state index contributed by atoms with van der Waals surface area (Å²) in [5.41, 5.74) is 3.22. The zero-order valence-corrected chi connectivity index (χ0v) is 17.0. The Labute approximate surface area is 176 Å². The van der Waals surface area contributed by atoms with Gasteiger partial charge in [0.05, 0.1) is 22.6 Å². The summed E-state index contributed by atoms with van der Waals surface area (Å²) in [6, 6.07) is 16.9. The van der Waals surface area contributed by atoms with Gasteiger partial charge in [0, 0.05) is 16.8 Å². The molecule has 0 radical (unpaired) electrons. The van der Waals surface area contributed by atoms with Gasteiger partial charge in [-0.2, -0.15) is 18.3 Å². The fourth-order valence-electron chi connectivity index (χ4n) is 2.91. The van der Waals surface area contributed by atoms with E-state index in [1.165, 1.54) is 23.6 Å². The molecular formula is C22H18F3N3OS. The normalized spacial score (nSPS) is 13.0. The highest BCUT2D eigenvalue weighted by molar-refractivity contribution is 7.97. The number of ether oxygens (including phenoxy) is 1. The summed E-state index contributed by atoms with van der Waals surface area (Å²) in [7, 11) is 0. The first-order valence-corrected chi connectivity index (χ1v) is 9.94. The predicted molar refractivity (Wildman–Crippen MR) is 114 cm³/mol. The molecule has 2 N–H and O–H groups in total. The largest absolute Gasteiger partial charge is 0.453 e. The predicted octanol–water partition coefficient (Wildman–Crippen LogP) is 6.88. The van der Waals surface area contributed by atoms with Crippen molar-refractivity contribution in [2.45, 2.75) is 24.9 Å². The van der Waals surface area contributed by atoms with Crippen molar-refractivity contribution < 1.29 is 17.9 Å². The number of hydrogen-bond donors (Lipinski definition) is 2. The van der Waals surface area contributed by atoms with Crippen LogP contribution in [0.25, 0.3) is 0 Å². The van der Waals surface area contributed by atoms with Gasteiger partial charge in [-0.25, -0.2) is 4.83 Å². The second-order valence-electron chi connectivity index (χ2n) is 6.85. The molecule has 3 aromatic carbocycles. The molecule has 0 amide bonds. The maximum absolute atomic E-state index is 12.9. The molecule has 0 saturated carbocycles. The van der Waals surface area contributed by atoms with Crippen LogP contribution in [-0.2, 0) is 6.18 Å². The standard InChI is InChI=1S/C22H18F3N3OS/c1-13-3-7-17(8-4-13)30-28-27-14(2)15-5-10-20-19(11-15)26-18-9-6-16(22(23,24)25)12-21(18)29-20/h3-12,26,28H,1-2H3/b27-14+. The fraction of sp³-hybridized carbons (Fsp3) is 0.136. The SMILES string of the molecule is C/C(=N\NSc1ccc(C)cc1)c1ccc2c(c1)Nc1ccc(C(F)(F)F)cc1O2. The Morgan fingerprint density at radius 2 is 1.73 bits per heavy atom. The van der Waals surface area contributed by atoms with E-state index < -0.39 is 11.7 Å². The first kappa shape index (κ1) is 20.2. The number of anilines is 2. The molecule has 154 valence electrons. The number of nitrogens with zero attached hydrogens (tertiary/aromatic N) is 1. The molecule has 1 aliphatic heterocycles.